The number of rotatable bonds is 9. The maximum Gasteiger partial charge on any atom is 0.250 e. The summed E-state index contributed by atoms with van der Waals surface area (Å²) in [6, 6.07) is 24.5. The van der Waals surface area contributed by atoms with E-state index in [4.69, 9.17) is 21.3 Å². The van der Waals surface area contributed by atoms with Crippen LogP contribution in [-0.4, -0.2) is 34.3 Å². The molecule has 1 N–H and O–H groups in total. The predicted octanol–water partition coefficient (Wildman–Crippen LogP) is 7.39. The fraction of sp³-hybridized carbons (Fsp3) is 0.281. The van der Waals surface area contributed by atoms with Crippen LogP contribution in [0.4, 0.5) is 5.69 Å². The van der Waals surface area contributed by atoms with Gasteiger partial charge in [-0.3, -0.25) is 9.59 Å². The van der Waals surface area contributed by atoms with Gasteiger partial charge in [0, 0.05) is 21.7 Å². The largest absolute Gasteiger partial charge is 0.497 e. The molecular formula is C32H32ClN3O3S. The molecule has 0 atom stereocenters. The molecule has 8 heteroatoms. The molecule has 0 saturated heterocycles. The van der Waals surface area contributed by atoms with Gasteiger partial charge in [0.1, 0.15) is 16.3 Å². The first-order valence-electron chi connectivity index (χ1n) is 13.5. The predicted molar refractivity (Wildman–Crippen MR) is 161 cm³/mol. The molecule has 3 aromatic carbocycles. The molecule has 0 radical (unpaired) electrons. The first-order chi connectivity index (χ1) is 19.5. The van der Waals surface area contributed by atoms with Crippen LogP contribution in [0.1, 0.15) is 42.7 Å². The lowest BCUT2D eigenvalue weighted by Crippen LogP contribution is -2.60. The third-order valence-corrected chi connectivity index (χ3v) is 8.54. The first-order valence-corrected chi connectivity index (χ1v) is 14.7. The highest BCUT2D eigenvalue weighted by Gasteiger charge is 2.47. The molecule has 0 spiro atoms. The molecule has 0 aliphatic heterocycles. The van der Waals surface area contributed by atoms with Crippen molar-refractivity contribution >= 4 is 40.4 Å². The van der Waals surface area contributed by atoms with E-state index in [1.807, 2.05) is 84.2 Å². The Labute approximate surface area is 244 Å². The van der Waals surface area contributed by atoms with E-state index in [0.717, 1.165) is 41.1 Å². The van der Waals surface area contributed by atoms with Crippen LogP contribution in [-0.2, 0) is 22.6 Å². The van der Waals surface area contributed by atoms with E-state index >= 15 is 0 Å². The monoisotopic (exact) mass is 573 g/mol. The third-order valence-electron chi connectivity index (χ3n) is 7.45. The van der Waals surface area contributed by atoms with Crippen LogP contribution >= 0.6 is 22.9 Å². The van der Waals surface area contributed by atoms with Crippen LogP contribution < -0.4 is 10.1 Å². The quantitative estimate of drug-likeness (QED) is 0.227. The standard InChI is InChI=1S/C32H32ClN3O3S/c1-39-27-16-14-26(15-17-27)34-31(38)32(18-6-3-7-19-32)36(30(37)20-23-8-4-2-5-9-23)21-29-35-28(22-40-29)24-10-12-25(33)13-11-24/h2,4-5,8-17,22H,3,6-7,18-21H2,1H3,(H,34,38). The first kappa shape index (κ1) is 27.9. The molecule has 5 rings (SSSR count). The SMILES string of the molecule is COc1ccc(NC(=O)C2(N(Cc3nc(-c4ccc(Cl)cc4)cs3)C(=O)Cc3ccccc3)CCCCC2)cc1. The Morgan fingerprint density at radius 2 is 1.68 bits per heavy atom. The zero-order valence-electron chi connectivity index (χ0n) is 22.4. The van der Waals surface area contributed by atoms with Crippen molar-refractivity contribution in [1.82, 2.24) is 9.88 Å². The number of carbonyl (C=O) groups excluding carboxylic acids is 2. The highest BCUT2D eigenvalue weighted by Crippen LogP contribution is 2.37. The minimum atomic E-state index is -0.976. The molecule has 1 aliphatic rings. The summed E-state index contributed by atoms with van der Waals surface area (Å²) in [7, 11) is 1.61. The number of nitrogens with zero attached hydrogens (tertiary/aromatic N) is 2. The number of hydrogen-bond acceptors (Lipinski definition) is 5. The average Bonchev–Trinajstić information content (AvgIpc) is 3.46. The zero-order valence-corrected chi connectivity index (χ0v) is 24.0. The van der Waals surface area contributed by atoms with Crippen LogP contribution in [0.3, 0.4) is 0 Å². The van der Waals surface area contributed by atoms with E-state index < -0.39 is 5.54 Å². The van der Waals surface area contributed by atoms with Gasteiger partial charge in [0.2, 0.25) is 11.8 Å². The van der Waals surface area contributed by atoms with Gasteiger partial charge in [-0.2, -0.15) is 0 Å². The number of aromatic nitrogens is 1. The number of hydrogen-bond donors (Lipinski definition) is 1. The lowest BCUT2D eigenvalue weighted by atomic mass is 9.79. The van der Waals surface area contributed by atoms with Crippen molar-refractivity contribution in [3.63, 3.8) is 0 Å². The van der Waals surface area contributed by atoms with Crippen LogP contribution in [0.15, 0.2) is 84.2 Å². The Kier molecular flexibility index (Phi) is 8.82. The Morgan fingerprint density at radius 1 is 0.975 bits per heavy atom. The van der Waals surface area contributed by atoms with Crippen molar-refractivity contribution in [3.8, 4) is 17.0 Å². The molecule has 2 amide bonds. The van der Waals surface area contributed by atoms with E-state index in [0.29, 0.717) is 29.3 Å². The maximum absolute atomic E-state index is 14.1. The minimum Gasteiger partial charge on any atom is -0.497 e. The lowest BCUT2D eigenvalue weighted by Gasteiger charge is -2.45. The average molecular weight is 574 g/mol. The Balaban J connectivity index is 1.47. The van der Waals surface area contributed by atoms with Gasteiger partial charge in [0.15, 0.2) is 0 Å². The smallest absolute Gasteiger partial charge is 0.250 e. The Bertz CT molecular complexity index is 1430. The van der Waals surface area contributed by atoms with Gasteiger partial charge in [-0.05, 0) is 54.8 Å². The molecule has 1 aromatic heterocycles. The minimum absolute atomic E-state index is 0.0822. The summed E-state index contributed by atoms with van der Waals surface area (Å²) in [4.78, 5) is 34.9. The van der Waals surface area contributed by atoms with Gasteiger partial charge < -0.3 is 15.0 Å². The maximum atomic E-state index is 14.1. The Hall–Kier alpha value is -3.68. The summed E-state index contributed by atoms with van der Waals surface area (Å²) in [5, 5.41) is 6.55. The Morgan fingerprint density at radius 3 is 2.35 bits per heavy atom. The molecule has 4 aromatic rings. The fourth-order valence-electron chi connectivity index (χ4n) is 5.29. The lowest BCUT2D eigenvalue weighted by molar-refractivity contribution is -0.148. The number of ether oxygens (including phenoxy) is 1. The topological polar surface area (TPSA) is 71.5 Å². The second kappa shape index (κ2) is 12.7. The summed E-state index contributed by atoms with van der Waals surface area (Å²) >= 11 is 7.57. The van der Waals surface area contributed by atoms with Crippen molar-refractivity contribution in [3.05, 3.63) is 99.8 Å². The number of methoxy groups -OCH3 is 1. The van der Waals surface area contributed by atoms with Crippen molar-refractivity contribution < 1.29 is 14.3 Å². The van der Waals surface area contributed by atoms with E-state index in [2.05, 4.69) is 5.32 Å². The second-order valence-electron chi connectivity index (χ2n) is 10.1. The molecule has 206 valence electrons. The van der Waals surface area contributed by atoms with Gasteiger partial charge in [0.25, 0.3) is 0 Å². The molecule has 1 fully saturated rings. The van der Waals surface area contributed by atoms with Gasteiger partial charge in [0.05, 0.1) is 25.8 Å². The van der Waals surface area contributed by atoms with Crippen molar-refractivity contribution in [2.45, 2.75) is 50.6 Å². The number of amides is 2. The van der Waals surface area contributed by atoms with E-state index in [9.17, 15) is 9.59 Å². The fourth-order valence-corrected chi connectivity index (χ4v) is 6.21. The molecular weight excluding hydrogens is 542 g/mol. The van der Waals surface area contributed by atoms with Gasteiger partial charge in [-0.1, -0.05) is 73.3 Å². The summed E-state index contributed by atoms with van der Waals surface area (Å²) in [5.41, 5.74) is 2.40. The molecule has 1 heterocycles. The summed E-state index contributed by atoms with van der Waals surface area (Å²) in [5.74, 6) is 0.472. The molecule has 40 heavy (non-hydrogen) atoms. The summed E-state index contributed by atoms with van der Waals surface area (Å²) < 4.78 is 5.26. The number of nitrogens with one attached hydrogen (secondary N) is 1. The number of anilines is 1. The summed E-state index contributed by atoms with van der Waals surface area (Å²) in [6.07, 6.45) is 4.21. The second-order valence-corrected chi connectivity index (χ2v) is 11.4. The third kappa shape index (κ3) is 6.37. The molecule has 0 bridgehead atoms. The van der Waals surface area contributed by atoms with E-state index in [1.165, 1.54) is 11.3 Å². The van der Waals surface area contributed by atoms with Gasteiger partial charge in [-0.25, -0.2) is 4.98 Å². The normalized spacial score (nSPS) is 14.3. The van der Waals surface area contributed by atoms with Crippen LogP contribution in [0.5, 0.6) is 5.75 Å². The van der Waals surface area contributed by atoms with Crippen molar-refractivity contribution in [2.75, 3.05) is 12.4 Å². The molecule has 6 nitrogen and oxygen atoms in total. The number of benzene rings is 3. The van der Waals surface area contributed by atoms with E-state index in [1.54, 1.807) is 12.0 Å². The van der Waals surface area contributed by atoms with Gasteiger partial charge >= 0.3 is 0 Å². The summed E-state index contributed by atoms with van der Waals surface area (Å²) in [6.45, 7) is 0.264. The number of carbonyl (C=O) groups is 2. The van der Waals surface area contributed by atoms with Crippen LogP contribution in [0.25, 0.3) is 11.3 Å². The number of thiazole rings is 1. The van der Waals surface area contributed by atoms with E-state index in [-0.39, 0.29) is 24.8 Å². The van der Waals surface area contributed by atoms with Crippen LogP contribution in [0.2, 0.25) is 5.02 Å². The zero-order chi connectivity index (χ0) is 28.0. The number of halogens is 1. The molecule has 1 aliphatic carbocycles. The highest BCUT2D eigenvalue weighted by atomic mass is 35.5. The molecule has 1 saturated carbocycles. The molecule has 0 unspecified atom stereocenters. The van der Waals surface area contributed by atoms with Gasteiger partial charge in [-0.15, -0.1) is 11.3 Å². The van der Waals surface area contributed by atoms with Crippen molar-refractivity contribution in [2.24, 2.45) is 0 Å². The van der Waals surface area contributed by atoms with Crippen molar-refractivity contribution in [1.29, 1.82) is 0 Å². The highest BCUT2D eigenvalue weighted by molar-refractivity contribution is 7.09. The van der Waals surface area contributed by atoms with Crippen LogP contribution in [0, 0.1) is 0 Å².